The Morgan fingerprint density at radius 3 is 2.86 bits per heavy atom. The number of fused-ring (bicyclic) bond motifs is 1. The van der Waals surface area contributed by atoms with Gasteiger partial charge in [0.15, 0.2) is 5.65 Å². The number of nitrogens with zero attached hydrogens (tertiary/aromatic N) is 6. The van der Waals surface area contributed by atoms with Crippen LogP contribution in [0.15, 0.2) is 18.5 Å². The van der Waals surface area contributed by atoms with Crippen LogP contribution in [-0.4, -0.2) is 69.4 Å². The van der Waals surface area contributed by atoms with Crippen LogP contribution in [-0.2, 0) is 4.79 Å². The average Bonchev–Trinajstić information content (AvgIpc) is 3.25. The number of aromatic nitrogens is 4. The van der Waals surface area contributed by atoms with E-state index in [0.717, 1.165) is 62.9 Å². The Bertz CT molecular complexity index is 799. The van der Waals surface area contributed by atoms with E-state index in [-0.39, 0.29) is 11.8 Å². The standard InChI is InChI=1S/C21H33N7O/c1-2-18-6-3-4-12-26(18)13-5-11-22-21(29)17-9-14-27(15-10-17)20-8-7-19-24-23-16-28(19)25-20/h7-8,16-18H,2-6,9-15H2,1H3,(H,22,29)/t18-/m0/s1. The zero-order valence-corrected chi connectivity index (χ0v) is 17.5. The minimum atomic E-state index is 0.114. The van der Waals surface area contributed by atoms with Crippen LogP contribution in [0, 0.1) is 5.92 Å². The van der Waals surface area contributed by atoms with E-state index in [9.17, 15) is 4.79 Å². The fourth-order valence-corrected chi connectivity index (χ4v) is 4.71. The van der Waals surface area contributed by atoms with E-state index < -0.39 is 0 Å². The lowest BCUT2D eigenvalue weighted by Gasteiger charge is -2.35. The highest BCUT2D eigenvalue weighted by molar-refractivity contribution is 5.78. The van der Waals surface area contributed by atoms with Crippen molar-refractivity contribution in [2.75, 3.05) is 37.6 Å². The van der Waals surface area contributed by atoms with Gasteiger partial charge in [-0.25, -0.2) is 0 Å². The summed E-state index contributed by atoms with van der Waals surface area (Å²) >= 11 is 0. The number of likely N-dealkylation sites (tertiary alicyclic amines) is 1. The van der Waals surface area contributed by atoms with Crippen molar-refractivity contribution in [2.24, 2.45) is 5.92 Å². The molecule has 1 amide bonds. The molecule has 2 fully saturated rings. The lowest BCUT2D eigenvalue weighted by atomic mass is 9.96. The molecule has 0 bridgehead atoms. The van der Waals surface area contributed by atoms with Gasteiger partial charge in [0.25, 0.3) is 0 Å². The molecule has 2 aliphatic heterocycles. The van der Waals surface area contributed by atoms with E-state index in [1.165, 1.54) is 32.2 Å². The molecule has 8 nitrogen and oxygen atoms in total. The Balaban J connectivity index is 1.18. The van der Waals surface area contributed by atoms with Crippen molar-refractivity contribution < 1.29 is 4.79 Å². The van der Waals surface area contributed by atoms with E-state index in [1.807, 2.05) is 12.1 Å². The summed E-state index contributed by atoms with van der Waals surface area (Å²) in [5.74, 6) is 1.25. The van der Waals surface area contributed by atoms with Crippen molar-refractivity contribution >= 4 is 17.4 Å². The first kappa shape index (κ1) is 20.1. The van der Waals surface area contributed by atoms with Gasteiger partial charge in [0.05, 0.1) is 0 Å². The number of piperidine rings is 2. The fraction of sp³-hybridized carbons (Fsp3) is 0.714. The maximum atomic E-state index is 12.6. The van der Waals surface area contributed by atoms with Crippen molar-refractivity contribution in [3.05, 3.63) is 18.5 Å². The second-order valence-corrected chi connectivity index (χ2v) is 8.32. The summed E-state index contributed by atoms with van der Waals surface area (Å²) in [6, 6.07) is 4.66. The molecule has 2 aromatic rings. The maximum absolute atomic E-state index is 12.6. The van der Waals surface area contributed by atoms with Gasteiger partial charge in [-0.05, 0) is 57.2 Å². The topological polar surface area (TPSA) is 78.7 Å². The predicted molar refractivity (Wildman–Crippen MR) is 113 cm³/mol. The van der Waals surface area contributed by atoms with Gasteiger partial charge in [-0.2, -0.15) is 4.52 Å². The highest BCUT2D eigenvalue weighted by atomic mass is 16.1. The summed E-state index contributed by atoms with van der Waals surface area (Å²) in [6.07, 6.45) is 9.67. The number of hydrogen-bond acceptors (Lipinski definition) is 6. The zero-order valence-electron chi connectivity index (χ0n) is 17.5. The highest BCUT2D eigenvalue weighted by Gasteiger charge is 2.26. The van der Waals surface area contributed by atoms with Gasteiger partial charge in [-0.1, -0.05) is 13.3 Å². The van der Waals surface area contributed by atoms with Crippen LogP contribution >= 0.6 is 0 Å². The molecule has 29 heavy (non-hydrogen) atoms. The van der Waals surface area contributed by atoms with Crippen molar-refractivity contribution in [2.45, 2.75) is 57.9 Å². The summed E-state index contributed by atoms with van der Waals surface area (Å²) < 4.78 is 1.69. The molecule has 2 saturated heterocycles. The number of nitrogens with one attached hydrogen (secondary N) is 1. The Hall–Kier alpha value is -2.22. The quantitative estimate of drug-likeness (QED) is 0.719. The van der Waals surface area contributed by atoms with Crippen LogP contribution in [0.25, 0.3) is 5.65 Å². The molecule has 2 aliphatic rings. The van der Waals surface area contributed by atoms with Gasteiger partial charge in [-0.15, -0.1) is 15.3 Å². The molecule has 0 aromatic carbocycles. The van der Waals surface area contributed by atoms with Crippen LogP contribution in [0.1, 0.15) is 51.9 Å². The first-order valence-electron chi connectivity index (χ1n) is 11.2. The Kier molecular flexibility index (Phi) is 6.59. The molecule has 1 atom stereocenters. The van der Waals surface area contributed by atoms with Crippen LogP contribution in [0.3, 0.4) is 0 Å². The Morgan fingerprint density at radius 2 is 2.03 bits per heavy atom. The first-order valence-corrected chi connectivity index (χ1v) is 11.2. The van der Waals surface area contributed by atoms with Gasteiger partial charge >= 0.3 is 0 Å². The molecule has 4 heterocycles. The summed E-state index contributed by atoms with van der Waals surface area (Å²) in [7, 11) is 0. The SMILES string of the molecule is CC[C@H]1CCCCN1CCCNC(=O)C1CCN(c2ccc3nncn3n2)CC1. The molecule has 8 heteroatoms. The summed E-state index contributed by atoms with van der Waals surface area (Å²) in [4.78, 5) is 17.4. The van der Waals surface area contributed by atoms with Crippen molar-refractivity contribution in [3.8, 4) is 0 Å². The molecule has 0 aliphatic carbocycles. The molecule has 158 valence electrons. The lowest BCUT2D eigenvalue weighted by molar-refractivity contribution is -0.125. The van der Waals surface area contributed by atoms with Gasteiger partial charge in [0.2, 0.25) is 5.91 Å². The van der Waals surface area contributed by atoms with Gasteiger partial charge in [0.1, 0.15) is 12.1 Å². The molecule has 0 saturated carbocycles. The van der Waals surface area contributed by atoms with E-state index in [2.05, 4.69) is 37.3 Å². The van der Waals surface area contributed by atoms with Crippen molar-refractivity contribution in [3.63, 3.8) is 0 Å². The third-order valence-corrected chi connectivity index (χ3v) is 6.48. The van der Waals surface area contributed by atoms with Crippen molar-refractivity contribution in [1.29, 1.82) is 0 Å². The Labute approximate surface area is 172 Å². The van der Waals surface area contributed by atoms with E-state index in [1.54, 1.807) is 10.8 Å². The molecule has 0 unspecified atom stereocenters. The smallest absolute Gasteiger partial charge is 0.223 e. The molecule has 1 N–H and O–H groups in total. The van der Waals surface area contributed by atoms with Gasteiger partial charge in [0, 0.05) is 38.1 Å². The Morgan fingerprint density at radius 1 is 1.17 bits per heavy atom. The van der Waals surface area contributed by atoms with Crippen LogP contribution < -0.4 is 10.2 Å². The summed E-state index contributed by atoms with van der Waals surface area (Å²) in [5, 5.41) is 15.6. The number of carbonyl (C=O) groups is 1. The zero-order chi connectivity index (χ0) is 20.1. The first-order chi connectivity index (χ1) is 14.2. The van der Waals surface area contributed by atoms with Crippen LogP contribution in [0.5, 0.6) is 0 Å². The van der Waals surface area contributed by atoms with E-state index >= 15 is 0 Å². The third-order valence-electron chi connectivity index (χ3n) is 6.48. The average molecular weight is 400 g/mol. The second-order valence-electron chi connectivity index (χ2n) is 8.32. The molecular formula is C21H33N7O. The fourth-order valence-electron chi connectivity index (χ4n) is 4.71. The minimum absolute atomic E-state index is 0.114. The molecule has 4 rings (SSSR count). The maximum Gasteiger partial charge on any atom is 0.223 e. The molecule has 0 radical (unpaired) electrons. The monoisotopic (exact) mass is 399 g/mol. The predicted octanol–water partition coefficient (Wildman–Crippen LogP) is 2.11. The lowest BCUT2D eigenvalue weighted by Crippen LogP contribution is -2.42. The van der Waals surface area contributed by atoms with E-state index in [0.29, 0.717) is 0 Å². The van der Waals surface area contributed by atoms with Crippen LogP contribution in [0.4, 0.5) is 5.82 Å². The number of amides is 1. The number of carbonyl (C=O) groups excluding carboxylic acids is 1. The van der Waals surface area contributed by atoms with Gasteiger partial charge in [-0.3, -0.25) is 4.79 Å². The summed E-state index contributed by atoms with van der Waals surface area (Å²) in [6.45, 7) is 7.11. The largest absolute Gasteiger partial charge is 0.356 e. The number of anilines is 1. The third kappa shape index (κ3) is 4.86. The normalized spacial score (nSPS) is 21.6. The molecule has 0 spiro atoms. The molecule has 2 aromatic heterocycles. The number of rotatable bonds is 7. The molecular weight excluding hydrogens is 366 g/mol. The van der Waals surface area contributed by atoms with Gasteiger partial charge < -0.3 is 15.1 Å². The highest BCUT2D eigenvalue weighted by Crippen LogP contribution is 2.22. The van der Waals surface area contributed by atoms with E-state index in [4.69, 9.17) is 0 Å². The van der Waals surface area contributed by atoms with Crippen LogP contribution in [0.2, 0.25) is 0 Å². The van der Waals surface area contributed by atoms with Crippen molar-refractivity contribution in [1.82, 2.24) is 30.0 Å². The summed E-state index contributed by atoms with van der Waals surface area (Å²) in [5.41, 5.74) is 0.748. The second kappa shape index (κ2) is 9.52. The minimum Gasteiger partial charge on any atom is -0.356 e. The number of hydrogen-bond donors (Lipinski definition) is 1.